The number of benzene rings is 1. The fraction of sp³-hybridized carbons (Fsp3) is 0.533. The number of carbonyl (C=O) groups is 1. The zero-order valence-electron chi connectivity index (χ0n) is 12.1. The third-order valence-electron chi connectivity index (χ3n) is 3.91. The normalized spacial score (nSPS) is 17.0. The summed E-state index contributed by atoms with van der Waals surface area (Å²) in [6.07, 6.45) is 1.68. The highest BCUT2D eigenvalue weighted by atomic mass is 79.9. The Bertz CT molecular complexity index is 484. The predicted octanol–water partition coefficient (Wildman–Crippen LogP) is 2.12. The van der Waals surface area contributed by atoms with Crippen molar-refractivity contribution in [3.8, 4) is 0 Å². The standard InChI is InChI=1S/C15H20BrFN2O2/c1-18-7-5-11(6-8-18)19(9-10-20)15(21)14-12(16)3-2-4-13(14)17/h2-4,11,20H,5-10H2,1H3. The summed E-state index contributed by atoms with van der Waals surface area (Å²) < 4.78 is 14.4. The number of carbonyl (C=O) groups excluding carboxylic acids is 1. The van der Waals surface area contributed by atoms with Crippen LogP contribution in [0.3, 0.4) is 0 Å². The number of hydrogen-bond acceptors (Lipinski definition) is 3. The van der Waals surface area contributed by atoms with Crippen LogP contribution in [0.1, 0.15) is 23.2 Å². The molecule has 21 heavy (non-hydrogen) atoms. The summed E-state index contributed by atoms with van der Waals surface area (Å²) in [7, 11) is 2.04. The van der Waals surface area contributed by atoms with Gasteiger partial charge in [-0.3, -0.25) is 4.79 Å². The minimum atomic E-state index is -0.537. The molecule has 1 aliphatic heterocycles. The second-order valence-electron chi connectivity index (χ2n) is 5.35. The van der Waals surface area contributed by atoms with Gasteiger partial charge in [0.15, 0.2) is 0 Å². The van der Waals surface area contributed by atoms with Gasteiger partial charge in [-0.25, -0.2) is 4.39 Å². The average molecular weight is 359 g/mol. The van der Waals surface area contributed by atoms with Gasteiger partial charge in [-0.05, 0) is 61.0 Å². The molecule has 0 bridgehead atoms. The Hall–Kier alpha value is -0.980. The SMILES string of the molecule is CN1CCC(N(CCO)C(=O)c2c(F)cccc2Br)CC1. The topological polar surface area (TPSA) is 43.8 Å². The van der Waals surface area contributed by atoms with Crippen molar-refractivity contribution in [3.63, 3.8) is 0 Å². The van der Waals surface area contributed by atoms with Crippen molar-refractivity contribution in [1.29, 1.82) is 0 Å². The van der Waals surface area contributed by atoms with Crippen LogP contribution in [-0.2, 0) is 0 Å². The monoisotopic (exact) mass is 358 g/mol. The second-order valence-corrected chi connectivity index (χ2v) is 6.21. The van der Waals surface area contributed by atoms with Gasteiger partial charge in [-0.2, -0.15) is 0 Å². The molecule has 1 amide bonds. The molecule has 6 heteroatoms. The van der Waals surface area contributed by atoms with Crippen molar-refractivity contribution in [2.24, 2.45) is 0 Å². The maximum absolute atomic E-state index is 14.0. The van der Waals surface area contributed by atoms with Crippen LogP contribution in [0.5, 0.6) is 0 Å². The van der Waals surface area contributed by atoms with Gasteiger partial charge in [0.1, 0.15) is 5.82 Å². The Balaban J connectivity index is 2.23. The van der Waals surface area contributed by atoms with E-state index < -0.39 is 5.82 Å². The number of hydrogen-bond donors (Lipinski definition) is 1. The van der Waals surface area contributed by atoms with E-state index in [0.717, 1.165) is 25.9 Å². The Morgan fingerprint density at radius 2 is 2.14 bits per heavy atom. The molecule has 0 aromatic heterocycles. The lowest BCUT2D eigenvalue weighted by Gasteiger charge is -2.37. The van der Waals surface area contributed by atoms with Crippen molar-refractivity contribution in [2.75, 3.05) is 33.3 Å². The van der Waals surface area contributed by atoms with Crippen LogP contribution in [0.2, 0.25) is 0 Å². The molecule has 1 aliphatic rings. The molecule has 0 unspecified atom stereocenters. The van der Waals surface area contributed by atoms with Gasteiger partial charge in [0, 0.05) is 17.1 Å². The lowest BCUT2D eigenvalue weighted by Crippen LogP contribution is -2.47. The number of aliphatic hydroxyl groups excluding tert-OH is 1. The van der Waals surface area contributed by atoms with Crippen LogP contribution in [0.15, 0.2) is 22.7 Å². The quantitative estimate of drug-likeness (QED) is 0.896. The Kier molecular flexibility index (Phi) is 5.72. The van der Waals surface area contributed by atoms with Crippen molar-refractivity contribution < 1.29 is 14.3 Å². The van der Waals surface area contributed by atoms with Crippen LogP contribution < -0.4 is 0 Å². The summed E-state index contributed by atoms with van der Waals surface area (Å²) in [5.74, 6) is -0.895. The summed E-state index contributed by atoms with van der Waals surface area (Å²) in [5.41, 5.74) is 0.0462. The maximum atomic E-state index is 14.0. The van der Waals surface area contributed by atoms with Crippen LogP contribution >= 0.6 is 15.9 Å². The predicted molar refractivity (Wildman–Crippen MR) is 82.7 cm³/mol. The average Bonchev–Trinajstić information content (AvgIpc) is 2.45. The molecule has 1 saturated heterocycles. The molecular weight excluding hydrogens is 339 g/mol. The van der Waals surface area contributed by atoms with Crippen molar-refractivity contribution in [1.82, 2.24) is 9.80 Å². The zero-order valence-corrected chi connectivity index (χ0v) is 13.6. The zero-order chi connectivity index (χ0) is 15.4. The second kappa shape index (κ2) is 7.33. The molecule has 0 aliphatic carbocycles. The van der Waals surface area contributed by atoms with Gasteiger partial charge in [0.2, 0.25) is 0 Å². The molecular formula is C15H20BrFN2O2. The first kappa shape index (κ1) is 16.4. The summed E-state index contributed by atoms with van der Waals surface area (Å²) in [4.78, 5) is 16.5. The van der Waals surface area contributed by atoms with Gasteiger partial charge in [-0.1, -0.05) is 6.07 Å². The molecule has 1 N–H and O–H groups in total. The molecule has 0 atom stereocenters. The summed E-state index contributed by atoms with van der Waals surface area (Å²) in [5, 5.41) is 9.24. The Labute approximate surface area is 132 Å². The highest BCUT2D eigenvalue weighted by Gasteiger charge is 2.29. The molecule has 4 nitrogen and oxygen atoms in total. The fourth-order valence-corrected chi connectivity index (χ4v) is 3.22. The van der Waals surface area contributed by atoms with Crippen LogP contribution in [-0.4, -0.2) is 60.1 Å². The number of halogens is 2. The number of aliphatic hydroxyl groups is 1. The number of piperidine rings is 1. The minimum Gasteiger partial charge on any atom is -0.395 e. The van der Waals surface area contributed by atoms with E-state index in [4.69, 9.17) is 0 Å². The highest BCUT2D eigenvalue weighted by molar-refractivity contribution is 9.10. The van der Waals surface area contributed by atoms with E-state index in [-0.39, 0.29) is 30.7 Å². The third-order valence-corrected chi connectivity index (χ3v) is 4.57. The summed E-state index contributed by atoms with van der Waals surface area (Å²) >= 11 is 3.24. The van der Waals surface area contributed by atoms with Crippen molar-refractivity contribution in [3.05, 3.63) is 34.1 Å². The Morgan fingerprint density at radius 3 is 2.71 bits per heavy atom. The van der Waals surface area contributed by atoms with E-state index in [0.29, 0.717) is 4.47 Å². The van der Waals surface area contributed by atoms with Crippen molar-refractivity contribution >= 4 is 21.8 Å². The molecule has 0 saturated carbocycles. The fourth-order valence-electron chi connectivity index (χ4n) is 2.71. The molecule has 0 radical (unpaired) electrons. The lowest BCUT2D eigenvalue weighted by molar-refractivity contribution is 0.0534. The lowest BCUT2D eigenvalue weighted by atomic mass is 10.0. The van der Waals surface area contributed by atoms with Gasteiger partial charge in [-0.15, -0.1) is 0 Å². The van der Waals surface area contributed by atoms with E-state index in [9.17, 15) is 14.3 Å². The van der Waals surface area contributed by atoms with E-state index in [1.54, 1.807) is 17.0 Å². The first-order chi connectivity index (χ1) is 10.0. The maximum Gasteiger partial charge on any atom is 0.258 e. The number of likely N-dealkylation sites (tertiary alicyclic amines) is 1. The van der Waals surface area contributed by atoms with E-state index in [2.05, 4.69) is 20.8 Å². The van der Waals surface area contributed by atoms with Gasteiger partial charge in [0.25, 0.3) is 5.91 Å². The number of amides is 1. The molecule has 1 aromatic carbocycles. The van der Waals surface area contributed by atoms with Crippen molar-refractivity contribution in [2.45, 2.75) is 18.9 Å². The smallest absolute Gasteiger partial charge is 0.258 e. The first-order valence-electron chi connectivity index (χ1n) is 7.09. The Morgan fingerprint density at radius 1 is 1.48 bits per heavy atom. The largest absolute Gasteiger partial charge is 0.395 e. The van der Waals surface area contributed by atoms with Crippen LogP contribution in [0.4, 0.5) is 4.39 Å². The van der Waals surface area contributed by atoms with E-state index >= 15 is 0 Å². The van der Waals surface area contributed by atoms with Gasteiger partial charge < -0.3 is 14.9 Å². The highest BCUT2D eigenvalue weighted by Crippen LogP contribution is 2.24. The van der Waals surface area contributed by atoms with Crippen LogP contribution in [0, 0.1) is 5.82 Å². The number of rotatable bonds is 4. The van der Waals surface area contributed by atoms with Gasteiger partial charge >= 0.3 is 0 Å². The summed E-state index contributed by atoms with van der Waals surface area (Å²) in [6.45, 7) is 1.91. The van der Waals surface area contributed by atoms with E-state index in [1.807, 2.05) is 7.05 Å². The molecule has 1 aromatic rings. The first-order valence-corrected chi connectivity index (χ1v) is 7.88. The molecule has 0 spiro atoms. The van der Waals surface area contributed by atoms with Crippen LogP contribution in [0.25, 0.3) is 0 Å². The molecule has 2 rings (SSSR count). The third kappa shape index (κ3) is 3.81. The molecule has 116 valence electrons. The van der Waals surface area contributed by atoms with Gasteiger partial charge in [0.05, 0.1) is 12.2 Å². The number of nitrogens with zero attached hydrogens (tertiary/aromatic N) is 2. The minimum absolute atomic E-state index is 0.0462. The summed E-state index contributed by atoms with van der Waals surface area (Å²) in [6, 6.07) is 4.54. The molecule has 1 heterocycles. The van der Waals surface area contributed by atoms with E-state index in [1.165, 1.54) is 6.07 Å². The molecule has 1 fully saturated rings.